The van der Waals surface area contributed by atoms with E-state index in [1.807, 2.05) is 0 Å². The van der Waals surface area contributed by atoms with Gasteiger partial charge in [0.15, 0.2) is 0 Å². The lowest BCUT2D eigenvalue weighted by Gasteiger charge is -2.36. The Bertz CT molecular complexity index is 1360. The number of fused-ring (bicyclic) bond motifs is 1. The Labute approximate surface area is 226 Å². The van der Waals surface area contributed by atoms with Crippen LogP contribution in [-0.4, -0.2) is 56.5 Å². The lowest BCUT2D eigenvalue weighted by Crippen LogP contribution is -2.44. The van der Waals surface area contributed by atoms with Crippen molar-refractivity contribution in [3.8, 4) is 11.5 Å². The molecule has 2 atom stereocenters. The number of ether oxygens (including phenoxy) is 3. The Kier molecular flexibility index (Phi) is 8.87. The van der Waals surface area contributed by atoms with Crippen molar-refractivity contribution in [3.63, 3.8) is 0 Å². The molecule has 1 aliphatic heterocycles. The highest BCUT2D eigenvalue weighted by Gasteiger charge is 2.50. The molecule has 0 radical (unpaired) electrons. The number of carboxylic acid groups (broad SMARTS) is 1. The van der Waals surface area contributed by atoms with Gasteiger partial charge in [0.25, 0.3) is 10.0 Å². The van der Waals surface area contributed by atoms with Crippen molar-refractivity contribution in [2.75, 3.05) is 10.8 Å². The molecule has 1 N–H and O–H groups in total. The first-order chi connectivity index (χ1) is 18.4. The van der Waals surface area contributed by atoms with Crippen molar-refractivity contribution in [1.29, 1.82) is 0 Å². The number of carbonyl (C=O) groups excluding carboxylic acids is 1. The van der Waals surface area contributed by atoms with Gasteiger partial charge in [-0.1, -0.05) is 19.1 Å². The third-order valence-electron chi connectivity index (χ3n) is 6.01. The molecule has 1 heterocycles. The fourth-order valence-electron chi connectivity index (χ4n) is 3.80. The average molecular weight is 596 g/mol. The van der Waals surface area contributed by atoms with E-state index in [-0.39, 0.29) is 30.0 Å². The van der Waals surface area contributed by atoms with Gasteiger partial charge in [0.05, 0.1) is 29.5 Å². The number of benzene rings is 2. The van der Waals surface area contributed by atoms with E-state index >= 15 is 0 Å². The molecule has 3 rings (SSSR count). The van der Waals surface area contributed by atoms with Crippen LogP contribution in [0.1, 0.15) is 32.8 Å². The molecule has 2 aromatic rings. The van der Waals surface area contributed by atoms with Gasteiger partial charge in [-0.3, -0.25) is 13.9 Å². The van der Waals surface area contributed by atoms with Crippen molar-refractivity contribution in [2.24, 2.45) is 5.92 Å². The number of sulfonamides is 1. The third kappa shape index (κ3) is 7.11. The van der Waals surface area contributed by atoms with E-state index in [2.05, 4.69) is 9.47 Å². The zero-order valence-electron chi connectivity index (χ0n) is 21.4. The molecule has 0 bridgehead atoms. The summed E-state index contributed by atoms with van der Waals surface area (Å²) in [6.45, 7) is -0.827. The van der Waals surface area contributed by atoms with Crippen molar-refractivity contribution in [1.82, 2.24) is 0 Å². The zero-order valence-corrected chi connectivity index (χ0v) is 22.3. The summed E-state index contributed by atoms with van der Waals surface area (Å²) in [6, 6.07) is 8.16. The molecular weight excluding hydrogens is 569 g/mol. The molecule has 9 nitrogen and oxygen atoms in total. The summed E-state index contributed by atoms with van der Waals surface area (Å²) in [5, 5.41) is 9.29. The summed E-state index contributed by atoms with van der Waals surface area (Å²) in [7, 11) is -4.50. The number of hydrogen-bond acceptors (Lipinski definition) is 7. The van der Waals surface area contributed by atoms with E-state index in [1.165, 1.54) is 31.2 Å². The maximum absolute atomic E-state index is 13.7. The number of hydrogen-bond donors (Lipinski definition) is 1. The highest BCUT2D eigenvalue weighted by atomic mass is 32.2. The molecule has 0 fully saturated rings. The van der Waals surface area contributed by atoms with Gasteiger partial charge in [0.2, 0.25) is 5.60 Å². The van der Waals surface area contributed by atoms with Crippen LogP contribution in [0, 0.1) is 5.92 Å². The Balaban J connectivity index is 2.00. The summed E-state index contributed by atoms with van der Waals surface area (Å²) < 4.78 is 108. The molecule has 0 aromatic heterocycles. The van der Waals surface area contributed by atoms with Crippen LogP contribution in [0.25, 0.3) is 0 Å². The van der Waals surface area contributed by atoms with Crippen LogP contribution in [0.3, 0.4) is 0 Å². The Morgan fingerprint density at radius 3 is 2.42 bits per heavy atom. The highest BCUT2D eigenvalue weighted by Crippen LogP contribution is 2.40. The van der Waals surface area contributed by atoms with Gasteiger partial charge in [0, 0.05) is 6.07 Å². The van der Waals surface area contributed by atoms with Gasteiger partial charge >= 0.3 is 24.7 Å². The van der Waals surface area contributed by atoms with Crippen molar-refractivity contribution in [3.05, 3.63) is 48.0 Å². The predicted molar refractivity (Wildman–Crippen MR) is 130 cm³/mol. The summed E-state index contributed by atoms with van der Waals surface area (Å²) >= 11 is 0. The van der Waals surface area contributed by atoms with E-state index < -0.39 is 69.4 Å². The second-order valence-corrected chi connectivity index (χ2v) is 11.4. The van der Waals surface area contributed by atoms with Gasteiger partial charge in [-0.25, -0.2) is 8.42 Å². The smallest absolute Gasteiger partial charge is 0.427 e. The SMILES string of the molecule is C[C@@H](C[C@H]1CN(S(=O)(=O)c2cccc(OC(F)F)c2)c2cc(CC(=O)OC(C)(C)C(F)(F)F)ccc2O1)C(=O)O. The van der Waals surface area contributed by atoms with Gasteiger partial charge < -0.3 is 19.3 Å². The monoisotopic (exact) mass is 595 g/mol. The number of nitrogens with zero attached hydrogens (tertiary/aromatic N) is 1. The van der Waals surface area contributed by atoms with Gasteiger partial charge in [-0.2, -0.15) is 22.0 Å². The average Bonchev–Trinajstić information content (AvgIpc) is 2.82. The summed E-state index contributed by atoms with van der Waals surface area (Å²) in [5.41, 5.74) is -2.77. The number of carbonyl (C=O) groups is 2. The van der Waals surface area contributed by atoms with E-state index in [1.54, 1.807) is 0 Å². The summed E-state index contributed by atoms with van der Waals surface area (Å²) in [5.74, 6) is -3.71. The molecule has 0 aliphatic carbocycles. The predicted octanol–water partition coefficient (Wildman–Crippen LogP) is 4.78. The van der Waals surface area contributed by atoms with Crippen LogP contribution >= 0.6 is 0 Å². The molecule has 0 saturated carbocycles. The molecule has 0 saturated heterocycles. The minimum atomic E-state index is -4.83. The highest BCUT2D eigenvalue weighted by molar-refractivity contribution is 7.92. The normalized spacial score (nSPS) is 16.6. The number of carboxylic acids is 1. The number of alkyl halides is 5. The van der Waals surface area contributed by atoms with Crippen LogP contribution in [0.4, 0.5) is 27.6 Å². The van der Waals surface area contributed by atoms with Crippen molar-refractivity contribution >= 4 is 27.6 Å². The second-order valence-electron chi connectivity index (χ2n) is 9.57. The molecule has 15 heteroatoms. The standard InChI is InChI=1S/C25H26F5NO8S/c1-14(22(33)34)9-17-13-31(40(35,36)18-6-4-5-16(12-18)38-23(26)27)19-10-15(7-8-20(19)37-17)11-21(32)39-24(2,3)25(28,29)30/h4-8,10,12,14,17,23H,9,11,13H2,1-3H3,(H,33,34)/t14-,17-/m0/s1. The Morgan fingerprint density at radius 1 is 1.15 bits per heavy atom. The fraction of sp³-hybridized carbons (Fsp3) is 0.440. The van der Waals surface area contributed by atoms with Crippen LogP contribution in [0.15, 0.2) is 47.4 Å². The first kappa shape index (κ1) is 30.9. The number of esters is 1. The first-order valence-electron chi connectivity index (χ1n) is 11.8. The summed E-state index contributed by atoms with van der Waals surface area (Å²) in [4.78, 5) is 23.2. The maximum Gasteiger partial charge on any atom is 0.427 e. The van der Waals surface area contributed by atoms with Crippen LogP contribution in [-0.2, 0) is 30.8 Å². The Hall–Kier alpha value is -3.62. The fourth-order valence-corrected chi connectivity index (χ4v) is 5.33. The van der Waals surface area contributed by atoms with E-state index in [0.717, 1.165) is 22.5 Å². The molecular formula is C25H26F5NO8S. The maximum atomic E-state index is 13.7. The molecule has 0 spiro atoms. The molecule has 40 heavy (non-hydrogen) atoms. The zero-order chi connectivity index (χ0) is 30.0. The van der Waals surface area contributed by atoms with E-state index in [4.69, 9.17) is 4.74 Å². The minimum Gasteiger partial charge on any atom is -0.486 e. The van der Waals surface area contributed by atoms with Crippen molar-refractivity contribution in [2.45, 2.75) is 63.0 Å². The van der Waals surface area contributed by atoms with Gasteiger partial charge in [-0.05, 0) is 50.1 Å². The summed E-state index contributed by atoms with van der Waals surface area (Å²) in [6.07, 6.45) is -6.49. The molecule has 0 unspecified atom stereocenters. The minimum absolute atomic E-state index is 0.00913. The van der Waals surface area contributed by atoms with Gasteiger partial charge in [-0.15, -0.1) is 0 Å². The first-order valence-corrected chi connectivity index (χ1v) is 13.2. The Morgan fingerprint density at radius 2 is 1.82 bits per heavy atom. The van der Waals surface area contributed by atoms with E-state index in [9.17, 15) is 45.1 Å². The van der Waals surface area contributed by atoms with Crippen LogP contribution in [0.2, 0.25) is 0 Å². The number of halogens is 5. The van der Waals surface area contributed by atoms with Gasteiger partial charge in [0.1, 0.15) is 17.6 Å². The lowest BCUT2D eigenvalue weighted by atomic mass is 10.0. The van der Waals surface area contributed by atoms with Crippen molar-refractivity contribution < 1.29 is 59.3 Å². The third-order valence-corrected chi connectivity index (χ3v) is 7.79. The number of rotatable bonds is 10. The van der Waals surface area contributed by atoms with Crippen LogP contribution in [0.5, 0.6) is 11.5 Å². The van der Waals surface area contributed by atoms with E-state index in [0.29, 0.717) is 13.8 Å². The molecule has 0 amide bonds. The largest absolute Gasteiger partial charge is 0.486 e. The quantitative estimate of drug-likeness (QED) is 0.308. The second kappa shape index (κ2) is 11.5. The number of anilines is 1. The molecule has 2 aromatic carbocycles. The van der Waals surface area contributed by atoms with Crippen LogP contribution < -0.4 is 13.8 Å². The number of aliphatic carboxylic acids is 1. The molecule has 1 aliphatic rings. The molecule has 220 valence electrons. The topological polar surface area (TPSA) is 119 Å². The lowest BCUT2D eigenvalue weighted by molar-refractivity contribution is -0.257.